The molecule has 7 heteroatoms. The molecule has 2 aromatic carbocycles. The lowest BCUT2D eigenvalue weighted by Crippen LogP contribution is -2.18. The second-order valence-electron chi connectivity index (χ2n) is 5.35. The number of rotatable bonds is 3. The van der Waals surface area contributed by atoms with E-state index in [4.69, 9.17) is 0 Å². The third kappa shape index (κ3) is 3.88. The summed E-state index contributed by atoms with van der Waals surface area (Å²) < 4.78 is 1.31. The van der Waals surface area contributed by atoms with Crippen molar-refractivity contribution >= 4 is 54.9 Å². The van der Waals surface area contributed by atoms with Crippen molar-refractivity contribution in [1.29, 1.82) is 0 Å². The van der Waals surface area contributed by atoms with Gasteiger partial charge in [-0.3, -0.25) is 9.78 Å². The standard InChI is InChI=1S/C18H13Br2N3O2/c1-10-6-14(13-4-2-3-5-16(13)22-10)18(25)23-21-9-11-7-12(19)8-15(20)17(11)24/h2-9,24H,1H3,(H,23,25). The number of aromatic nitrogens is 1. The van der Waals surface area contributed by atoms with Gasteiger partial charge in [-0.25, -0.2) is 5.43 Å². The van der Waals surface area contributed by atoms with Gasteiger partial charge >= 0.3 is 0 Å². The number of para-hydroxylation sites is 1. The largest absolute Gasteiger partial charge is 0.506 e. The molecule has 5 nitrogen and oxygen atoms in total. The number of nitrogens with zero attached hydrogens (tertiary/aromatic N) is 2. The predicted octanol–water partition coefficient (Wildman–Crippen LogP) is 4.54. The highest BCUT2D eigenvalue weighted by molar-refractivity contribution is 9.11. The first-order valence-corrected chi connectivity index (χ1v) is 8.92. The van der Waals surface area contributed by atoms with E-state index in [2.05, 4.69) is 47.4 Å². The molecule has 0 aliphatic rings. The summed E-state index contributed by atoms with van der Waals surface area (Å²) in [4.78, 5) is 16.9. The smallest absolute Gasteiger partial charge is 0.272 e. The van der Waals surface area contributed by atoms with Crippen molar-refractivity contribution < 1.29 is 9.90 Å². The molecule has 0 fully saturated rings. The molecule has 1 heterocycles. The van der Waals surface area contributed by atoms with Crippen LogP contribution < -0.4 is 5.43 Å². The van der Waals surface area contributed by atoms with Crippen LogP contribution in [0, 0.1) is 6.92 Å². The summed E-state index contributed by atoms with van der Waals surface area (Å²) >= 11 is 6.60. The minimum Gasteiger partial charge on any atom is -0.506 e. The fourth-order valence-corrected chi connectivity index (χ4v) is 3.66. The number of amides is 1. The van der Waals surface area contributed by atoms with Crippen LogP contribution in [0.5, 0.6) is 5.75 Å². The number of phenols is 1. The van der Waals surface area contributed by atoms with Gasteiger partial charge in [0.15, 0.2) is 0 Å². The Kier molecular flexibility index (Phi) is 5.15. The third-order valence-electron chi connectivity index (χ3n) is 3.52. The third-order valence-corrected chi connectivity index (χ3v) is 4.58. The van der Waals surface area contributed by atoms with E-state index in [1.54, 1.807) is 18.2 Å². The molecular weight excluding hydrogens is 450 g/mol. The summed E-state index contributed by atoms with van der Waals surface area (Å²) in [5, 5.41) is 14.7. The second kappa shape index (κ2) is 7.33. The molecular formula is C18H13Br2N3O2. The lowest BCUT2D eigenvalue weighted by atomic mass is 10.1. The molecule has 0 aliphatic heterocycles. The SMILES string of the molecule is Cc1cc(C(=O)NN=Cc2cc(Br)cc(Br)c2O)c2ccccc2n1. The van der Waals surface area contributed by atoms with Crippen molar-refractivity contribution in [2.45, 2.75) is 6.92 Å². The molecule has 1 aromatic heterocycles. The molecule has 3 aromatic rings. The summed E-state index contributed by atoms with van der Waals surface area (Å²) in [5.41, 5.74) is 4.97. The average Bonchev–Trinajstić information content (AvgIpc) is 2.58. The van der Waals surface area contributed by atoms with Crippen molar-refractivity contribution in [1.82, 2.24) is 10.4 Å². The van der Waals surface area contributed by atoms with Gasteiger partial charge in [0, 0.05) is 21.1 Å². The average molecular weight is 463 g/mol. The number of fused-ring (bicyclic) bond motifs is 1. The van der Waals surface area contributed by atoms with Crippen molar-refractivity contribution in [3.05, 3.63) is 68.2 Å². The summed E-state index contributed by atoms with van der Waals surface area (Å²) in [6, 6.07) is 12.6. The fourth-order valence-electron chi connectivity index (χ4n) is 2.40. The van der Waals surface area contributed by atoms with E-state index in [-0.39, 0.29) is 11.7 Å². The maximum absolute atomic E-state index is 12.5. The molecule has 0 saturated heterocycles. The van der Waals surface area contributed by atoms with Crippen LogP contribution in [0.25, 0.3) is 10.9 Å². The Balaban J connectivity index is 1.87. The van der Waals surface area contributed by atoms with Crippen LogP contribution in [0.4, 0.5) is 0 Å². The number of halogens is 2. The first kappa shape index (κ1) is 17.6. The fraction of sp³-hybridized carbons (Fsp3) is 0.0556. The monoisotopic (exact) mass is 461 g/mol. The lowest BCUT2D eigenvalue weighted by molar-refractivity contribution is 0.0956. The Morgan fingerprint density at radius 2 is 2.00 bits per heavy atom. The molecule has 2 N–H and O–H groups in total. The Labute approximate surface area is 161 Å². The molecule has 0 spiro atoms. The molecule has 0 saturated carbocycles. The van der Waals surface area contributed by atoms with E-state index in [1.165, 1.54) is 6.21 Å². The molecule has 3 rings (SSSR count). The molecule has 0 unspecified atom stereocenters. The Morgan fingerprint density at radius 1 is 1.24 bits per heavy atom. The van der Waals surface area contributed by atoms with Crippen molar-refractivity contribution in [2.75, 3.05) is 0 Å². The summed E-state index contributed by atoms with van der Waals surface area (Å²) in [6.45, 7) is 1.84. The highest BCUT2D eigenvalue weighted by atomic mass is 79.9. The van der Waals surface area contributed by atoms with Crippen molar-refractivity contribution in [3.8, 4) is 5.75 Å². The topological polar surface area (TPSA) is 74.6 Å². The van der Waals surface area contributed by atoms with Gasteiger partial charge in [0.1, 0.15) is 5.75 Å². The highest BCUT2D eigenvalue weighted by Gasteiger charge is 2.11. The summed E-state index contributed by atoms with van der Waals surface area (Å²) in [6.07, 6.45) is 1.39. The van der Waals surface area contributed by atoms with Gasteiger partial charge in [-0.05, 0) is 47.1 Å². The molecule has 0 atom stereocenters. The molecule has 0 bridgehead atoms. The van der Waals surface area contributed by atoms with E-state index in [0.29, 0.717) is 15.6 Å². The zero-order valence-corrected chi connectivity index (χ0v) is 16.3. The maximum Gasteiger partial charge on any atom is 0.272 e. The first-order valence-electron chi connectivity index (χ1n) is 7.33. The van der Waals surface area contributed by atoms with Crippen LogP contribution in [-0.2, 0) is 0 Å². The molecule has 25 heavy (non-hydrogen) atoms. The maximum atomic E-state index is 12.5. The molecule has 0 radical (unpaired) electrons. The number of nitrogens with one attached hydrogen (secondary N) is 1. The minimum absolute atomic E-state index is 0.0476. The van der Waals surface area contributed by atoms with Gasteiger partial charge in [0.2, 0.25) is 0 Å². The van der Waals surface area contributed by atoms with Gasteiger partial charge in [0.05, 0.1) is 21.8 Å². The van der Waals surface area contributed by atoms with Crippen LogP contribution in [0.1, 0.15) is 21.6 Å². The quantitative estimate of drug-likeness (QED) is 0.443. The van der Waals surface area contributed by atoms with Gasteiger partial charge < -0.3 is 5.11 Å². The van der Waals surface area contributed by atoms with Crippen LogP contribution in [-0.4, -0.2) is 22.2 Å². The molecule has 1 amide bonds. The highest BCUT2D eigenvalue weighted by Crippen LogP contribution is 2.30. The number of hydrogen-bond donors (Lipinski definition) is 2. The zero-order chi connectivity index (χ0) is 18.0. The van der Waals surface area contributed by atoms with E-state index in [9.17, 15) is 9.90 Å². The first-order chi connectivity index (χ1) is 12.0. The number of benzene rings is 2. The van der Waals surface area contributed by atoms with E-state index >= 15 is 0 Å². The van der Waals surface area contributed by atoms with Crippen molar-refractivity contribution in [3.63, 3.8) is 0 Å². The number of hydrazone groups is 1. The summed E-state index contributed by atoms with van der Waals surface area (Å²) in [7, 11) is 0. The van der Waals surface area contributed by atoms with E-state index in [1.807, 2.05) is 31.2 Å². The second-order valence-corrected chi connectivity index (χ2v) is 7.12. The van der Waals surface area contributed by atoms with Crippen LogP contribution in [0.2, 0.25) is 0 Å². The van der Waals surface area contributed by atoms with Crippen molar-refractivity contribution in [2.24, 2.45) is 5.10 Å². The predicted molar refractivity (Wildman–Crippen MR) is 105 cm³/mol. The number of phenolic OH excluding ortho intramolecular Hbond substituents is 1. The van der Waals surface area contributed by atoms with Gasteiger partial charge in [-0.2, -0.15) is 5.10 Å². The Bertz CT molecular complexity index is 1000. The summed E-state index contributed by atoms with van der Waals surface area (Å²) in [5.74, 6) is -0.294. The minimum atomic E-state index is -0.341. The van der Waals surface area contributed by atoms with Crippen LogP contribution >= 0.6 is 31.9 Å². The molecule has 126 valence electrons. The number of pyridine rings is 1. The van der Waals surface area contributed by atoms with E-state index in [0.717, 1.165) is 21.1 Å². The lowest BCUT2D eigenvalue weighted by Gasteiger charge is -2.06. The molecule has 0 aliphatic carbocycles. The normalized spacial score (nSPS) is 11.2. The number of aromatic hydroxyl groups is 1. The number of hydrogen-bond acceptors (Lipinski definition) is 4. The number of aryl methyl sites for hydroxylation is 1. The van der Waals surface area contributed by atoms with E-state index < -0.39 is 0 Å². The number of carbonyl (C=O) groups is 1. The van der Waals surface area contributed by atoms with Crippen LogP contribution in [0.3, 0.4) is 0 Å². The van der Waals surface area contributed by atoms with Gasteiger partial charge in [-0.1, -0.05) is 34.1 Å². The number of carbonyl (C=O) groups excluding carboxylic acids is 1. The van der Waals surface area contributed by atoms with Gasteiger partial charge in [-0.15, -0.1) is 0 Å². The van der Waals surface area contributed by atoms with Gasteiger partial charge in [0.25, 0.3) is 5.91 Å². The Morgan fingerprint density at radius 3 is 2.80 bits per heavy atom. The van der Waals surface area contributed by atoms with Crippen LogP contribution in [0.15, 0.2) is 56.5 Å². The Hall–Kier alpha value is -2.25. The zero-order valence-electron chi connectivity index (χ0n) is 13.1.